The predicted molar refractivity (Wildman–Crippen MR) is 96.3 cm³/mol. The van der Waals surface area contributed by atoms with E-state index in [0.29, 0.717) is 0 Å². The maximum atomic E-state index is 5.20. The zero-order valence-corrected chi connectivity index (χ0v) is 13.4. The average molecular weight is 323 g/mol. The molecule has 4 heteroatoms. The van der Waals surface area contributed by atoms with E-state index in [-0.39, 0.29) is 12.4 Å². The van der Waals surface area contributed by atoms with Crippen LogP contribution in [0.15, 0.2) is 66.9 Å². The van der Waals surface area contributed by atoms with Gasteiger partial charge in [-0.15, -0.1) is 12.4 Å². The fourth-order valence-electron chi connectivity index (χ4n) is 2.65. The van der Waals surface area contributed by atoms with Crippen LogP contribution in [0.1, 0.15) is 0 Å². The van der Waals surface area contributed by atoms with E-state index in [1.807, 2.05) is 42.6 Å². The molecule has 0 saturated heterocycles. The lowest BCUT2D eigenvalue weighted by molar-refractivity contribution is 0.415. The number of aromatic nitrogens is 2. The van der Waals surface area contributed by atoms with Crippen LogP contribution in [-0.4, -0.2) is 17.1 Å². The molecule has 2 aromatic heterocycles. The maximum Gasteiger partial charge on any atom is 0.118 e. The lowest BCUT2D eigenvalue weighted by Gasteiger charge is -2.06. The fraction of sp³-hybridized carbons (Fsp3) is 0.0526. The van der Waals surface area contributed by atoms with Crippen LogP contribution in [0.25, 0.3) is 33.1 Å². The van der Waals surface area contributed by atoms with Gasteiger partial charge in [-0.2, -0.15) is 0 Å². The van der Waals surface area contributed by atoms with E-state index < -0.39 is 0 Å². The average Bonchev–Trinajstić information content (AvgIpc) is 2.61. The highest BCUT2D eigenvalue weighted by Crippen LogP contribution is 2.26. The first-order valence-corrected chi connectivity index (χ1v) is 7.14. The van der Waals surface area contributed by atoms with E-state index in [1.165, 1.54) is 0 Å². The van der Waals surface area contributed by atoms with Gasteiger partial charge in [0, 0.05) is 22.5 Å². The van der Waals surface area contributed by atoms with E-state index in [0.717, 1.165) is 38.8 Å². The molecule has 0 atom stereocenters. The van der Waals surface area contributed by atoms with E-state index in [2.05, 4.69) is 29.2 Å². The van der Waals surface area contributed by atoms with Gasteiger partial charge in [0.05, 0.1) is 23.8 Å². The van der Waals surface area contributed by atoms with Crippen LogP contribution in [0.5, 0.6) is 5.75 Å². The van der Waals surface area contributed by atoms with Gasteiger partial charge in [-0.3, -0.25) is 4.98 Å². The van der Waals surface area contributed by atoms with Crippen molar-refractivity contribution in [2.75, 3.05) is 7.11 Å². The van der Waals surface area contributed by atoms with Gasteiger partial charge in [0.15, 0.2) is 0 Å². The summed E-state index contributed by atoms with van der Waals surface area (Å²) in [6.07, 6.45) is 1.81. The number of rotatable bonds is 2. The number of halogens is 1. The van der Waals surface area contributed by atoms with Gasteiger partial charge in [-0.05, 0) is 36.4 Å². The Morgan fingerprint density at radius 2 is 1.48 bits per heavy atom. The van der Waals surface area contributed by atoms with Gasteiger partial charge >= 0.3 is 0 Å². The molecule has 0 spiro atoms. The summed E-state index contributed by atoms with van der Waals surface area (Å²) in [7, 11) is 1.67. The van der Waals surface area contributed by atoms with Crippen LogP contribution < -0.4 is 4.74 Å². The summed E-state index contributed by atoms with van der Waals surface area (Å²) in [4.78, 5) is 9.31. The molecule has 4 aromatic rings. The number of methoxy groups -OCH3 is 1. The molecule has 0 saturated carbocycles. The predicted octanol–water partition coefficient (Wildman–Crippen LogP) is 4.88. The molecule has 0 fully saturated rings. The molecular weight excluding hydrogens is 308 g/mol. The minimum absolute atomic E-state index is 0. The number of nitrogens with zero attached hydrogens (tertiary/aromatic N) is 2. The van der Waals surface area contributed by atoms with Crippen molar-refractivity contribution in [3.05, 3.63) is 66.9 Å². The molecule has 0 aliphatic carbocycles. The molecule has 2 heterocycles. The molecule has 0 N–H and O–H groups in total. The maximum absolute atomic E-state index is 5.20. The largest absolute Gasteiger partial charge is 0.497 e. The summed E-state index contributed by atoms with van der Waals surface area (Å²) in [5.41, 5.74) is 3.88. The molecule has 0 aliphatic rings. The quantitative estimate of drug-likeness (QED) is 0.493. The van der Waals surface area contributed by atoms with Gasteiger partial charge in [0.1, 0.15) is 5.75 Å². The van der Waals surface area contributed by atoms with Crippen molar-refractivity contribution in [1.82, 2.24) is 9.97 Å². The van der Waals surface area contributed by atoms with Crippen LogP contribution >= 0.6 is 12.4 Å². The number of ether oxygens (including phenoxy) is 1. The molecule has 3 nitrogen and oxygen atoms in total. The number of fused-ring (bicyclic) bond motifs is 3. The minimum atomic E-state index is 0. The van der Waals surface area contributed by atoms with Crippen LogP contribution in [0.4, 0.5) is 0 Å². The van der Waals surface area contributed by atoms with Crippen LogP contribution in [0.2, 0.25) is 0 Å². The van der Waals surface area contributed by atoms with Crippen molar-refractivity contribution < 1.29 is 4.74 Å². The molecular formula is C19H15ClN2O. The lowest BCUT2D eigenvalue weighted by Crippen LogP contribution is -1.89. The number of benzene rings is 2. The van der Waals surface area contributed by atoms with Gasteiger partial charge in [0.2, 0.25) is 0 Å². The monoisotopic (exact) mass is 322 g/mol. The molecule has 114 valence electrons. The zero-order valence-electron chi connectivity index (χ0n) is 12.6. The first-order valence-electron chi connectivity index (χ1n) is 7.14. The molecule has 0 unspecified atom stereocenters. The van der Waals surface area contributed by atoms with E-state index >= 15 is 0 Å². The first-order chi connectivity index (χ1) is 10.8. The number of pyridine rings is 2. The number of hydrogen-bond acceptors (Lipinski definition) is 3. The molecule has 0 radical (unpaired) electrons. The smallest absolute Gasteiger partial charge is 0.118 e. The van der Waals surface area contributed by atoms with Crippen molar-refractivity contribution in [2.24, 2.45) is 0 Å². The summed E-state index contributed by atoms with van der Waals surface area (Å²) < 4.78 is 5.20. The molecule has 0 aliphatic heterocycles. The van der Waals surface area contributed by atoms with Crippen molar-refractivity contribution >= 4 is 34.2 Å². The molecule has 2 aromatic carbocycles. The summed E-state index contributed by atoms with van der Waals surface area (Å²) in [5.74, 6) is 0.844. The molecule has 23 heavy (non-hydrogen) atoms. The highest BCUT2D eigenvalue weighted by atomic mass is 35.5. The second-order valence-corrected chi connectivity index (χ2v) is 5.14. The second-order valence-electron chi connectivity index (χ2n) is 5.14. The van der Waals surface area contributed by atoms with Crippen LogP contribution in [0.3, 0.4) is 0 Å². The Balaban J connectivity index is 0.00000156. The topological polar surface area (TPSA) is 35.0 Å². The third-order valence-corrected chi connectivity index (χ3v) is 3.82. The Hall–Kier alpha value is -2.65. The summed E-state index contributed by atoms with van der Waals surface area (Å²) in [6, 6.07) is 20.2. The Morgan fingerprint density at radius 3 is 2.22 bits per heavy atom. The van der Waals surface area contributed by atoms with Crippen LogP contribution in [-0.2, 0) is 0 Å². The van der Waals surface area contributed by atoms with Crippen molar-refractivity contribution in [2.45, 2.75) is 0 Å². The van der Waals surface area contributed by atoms with E-state index in [4.69, 9.17) is 9.72 Å². The SMILES string of the molecule is COc1ccc(-c2ccc3ccc4cccnc4c3n2)cc1.Cl. The van der Waals surface area contributed by atoms with Gasteiger partial charge in [-0.25, -0.2) is 4.98 Å². The Bertz CT molecular complexity index is 968. The first kappa shape index (κ1) is 15.3. The third-order valence-electron chi connectivity index (χ3n) is 3.82. The normalized spacial score (nSPS) is 10.5. The van der Waals surface area contributed by atoms with Crippen molar-refractivity contribution in [3.63, 3.8) is 0 Å². The van der Waals surface area contributed by atoms with Gasteiger partial charge in [-0.1, -0.05) is 24.3 Å². The Labute approximate surface area is 140 Å². The second kappa shape index (κ2) is 6.23. The third kappa shape index (κ3) is 2.71. The summed E-state index contributed by atoms with van der Waals surface area (Å²) in [6.45, 7) is 0. The molecule has 0 amide bonds. The minimum Gasteiger partial charge on any atom is -0.497 e. The summed E-state index contributed by atoms with van der Waals surface area (Å²) in [5, 5.41) is 2.21. The van der Waals surface area contributed by atoms with E-state index in [9.17, 15) is 0 Å². The highest BCUT2D eigenvalue weighted by molar-refractivity contribution is 6.03. The Kier molecular flexibility index (Phi) is 4.13. The van der Waals surface area contributed by atoms with E-state index in [1.54, 1.807) is 7.11 Å². The summed E-state index contributed by atoms with van der Waals surface area (Å²) >= 11 is 0. The van der Waals surface area contributed by atoms with Crippen molar-refractivity contribution in [1.29, 1.82) is 0 Å². The fourth-order valence-corrected chi connectivity index (χ4v) is 2.65. The van der Waals surface area contributed by atoms with Crippen molar-refractivity contribution in [3.8, 4) is 17.0 Å². The van der Waals surface area contributed by atoms with Gasteiger partial charge in [0.25, 0.3) is 0 Å². The van der Waals surface area contributed by atoms with Crippen LogP contribution in [0, 0.1) is 0 Å². The highest BCUT2D eigenvalue weighted by Gasteiger charge is 2.06. The Morgan fingerprint density at radius 1 is 0.783 bits per heavy atom. The van der Waals surface area contributed by atoms with Gasteiger partial charge < -0.3 is 4.74 Å². The molecule has 0 bridgehead atoms. The lowest BCUT2D eigenvalue weighted by atomic mass is 10.1. The zero-order chi connectivity index (χ0) is 14.9. The molecule has 4 rings (SSSR count). The standard InChI is InChI=1S/C19H14N2O.ClH/c1-22-16-9-6-13(7-10-16)17-11-8-15-5-4-14-3-2-12-20-18(14)19(15)21-17;/h2-12H,1H3;1H. The number of hydrogen-bond donors (Lipinski definition) is 0.